The predicted octanol–water partition coefficient (Wildman–Crippen LogP) is 7.86. The minimum Gasteiger partial charge on any atom is -0.275 e. The van der Waals surface area contributed by atoms with Gasteiger partial charge in [0.15, 0.2) is 0 Å². The van der Waals surface area contributed by atoms with Gasteiger partial charge in [-0.2, -0.15) is 0 Å². The highest BCUT2D eigenvalue weighted by atomic mass is 15.5. The second-order valence-corrected chi connectivity index (χ2v) is 10.3. The standard InChI is InChI=1S/C27H57N3/c1-7-10-13-16-19-25(4)28-22-29(26(5)20-17-14-11-8-2)24-30(23-28)27(6)21-18-15-12-9-3/h25-27H,7-24H2,1-6H3. The van der Waals surface area contributed by atoms with Crippen molar-refractivity contribution in [3.05, 3.63) is 0 Å². The fraction of sp³-hybridized carbons (Fsp3) is 1.00. The molecule has 0 aromatic carbocycles. The van der Waals surface area contributed by atoms with Crippen LogP contribution in [0.15, 0.2) is 0 Å². The van der Waals surface area contributed by atoms with Crippen molar-refractivity contribution in [1.29, 1.82) is 0 Å². The average Bonchev–Trinajstić information content (AvgIpc) is 2.76. The zero-order valence-corrected chi connectivity index (χ0v) is 21.8. The van der Waals surface area contributed by atoms with Crippen LogP contribution in [-0.2, 0) is 0 Å². The van der Waals surface area contributed by atoms with E-state index in [0.717, 1.165) is 0 Å². The molecule has 0 aromatic rings. The van der Waals surface area contributed by atoms with Crippen molar-refractivity contribution in [2.45, 2.75) is 156 Å². The second-order valence-electron chi connectivity index (χ2n) is 10.3. The summed E-state index contributed by atoms with van der Waals surface area (Å²) in [4.78, 5) is 8.33. The molecule has 0 spiro atoms. The Hall–Kier alpha value is -0.120. The molecule has 180 valence electrons. The number of rotatable bonds is 18. The summed E-state index contributed by atoms with van der Waals surface area (Å²) in [7, 11) is 0. The zero-order chi connectivity index (χ0) is 22.2. The first kappa shape index (κ1) is 27.9. The van der Waals surface area contributed by atoms with Gasteiger partial charge >= 0.3 is 0 Å². The van der Waals surface area contributed by atoms with Crippen molar-refractivity contribution >= 4 is 0 Å². The summed E-state index contributed by atoms with van der Waals surface area (Å²) in [6.45, 7) is 17.9. The molecule has 0 aliphatic carbocycles. The number of hydrogen-bond acceptors (Lipinski definition) is 3. The van der Waals surface area contributed by atoms with Gasteiger partial charge in [0, 0.05) is 18.1 Å². The maximum atomic E-state index is 2.78. The van der Waals surface area contributed by atoms with E-state index in [9.17, 15) is 0 Å². The van der Waals surface area contributed by atoms with Crippen molar-refractivity contribution in [2.24, 2.45) is 0 Å². The lowest BCUT2D eigenvalue weighted by atomic mass is 10.0. The summed E-state index contributed by atoms with van der Waals surface area (Å²) in [6.07, 6.45) is 20.7. The highest BCUT2D eigenvalue weighted by Gasteiger charge is 2.30. The average molecular weight is 424 g/mol. The van der Waals surface area contributed by atoms with Crippen LogP contribution in [0.1, 0.15) is 138 Å². The first-order chi connectivity index (χ1) is 14.5. The van der Waals surface area contributed by atoms with Gasteiger partial charge in [-0.05, 0) is 40.0 Å². The molecule has 1 aliphatic rings. The van der Waals surface area contributed by atoms with Crippen LogP contribution < -0.4 is 0 Å². The highest BCUT2D eigenvalue weighted by molar-refractivity contribution is 4.80. The molecule has 1 rings (SSSR count). The Bertz CT molecular complexity index is 323. The van der Waals surface area contributed by atoms with E-state index < -0.39 is 0 Å². The zero-order valence-electron chi connectivity index (χ0n) is 21.8. The summed E-state index contributed by atoms with van der Waals surface area (Å²) in [5.74, 6) is 0. The van der Waals surface area contributed by atoms with Gasteiger partial charge in [-0.15, -0.1) is 0 Å². The molecule has 30 heavy (non-hydrogen) atoms. The van der Waals surface area contributed by atoms with Crippen molar-refractivity contribution in [3.63, 3.8) is 0 Å². The minimum atomic E-state index is 0.701. The van der Waals surface area contributed by atoms with Crippen molar-refractivity contribution in [3.8, 4) is 0 Å². The predicted molar refractivity (Wildman–Crippen MR) is 135 cm³/mol. The van der Waals surface area contributed by atoms with Crippen LogP contribution in [0.3, 0.4) is 0 Å². The van der Waals surface area contributed by atoms with Crippen LogP contribution in [0.5, 0.6) is 0 Å². The van der Waals surface area contributed by atoms with Gasteiger partial charge in [-0.25, -0.2) is 0 Å². The van der Waals surface area contributed by atoms with Gasteiger partial charge in [0.05, 0.1) is 20.0 Å². The summed E-state index contributed by atoms with van der Waals surface area (Å²) >= 11 is 0. The topological polar surface area (TPSA) is 9.72 Å². The maximum absolute atomic E-state index is 2.78. The number of hydrogen-bond donors (Lipinski definition) is 0. The Morgan fingerprint density at radius 3 is 0.933 bits per heavy atom. The van der Waals surface area contributed by atoms with Gasteiger partial charge in [0.1, 0.15) is 0 Å². The molecule has 0 N–H and O–H groups in total. The molecular weight excluding hydrogens is 366 g/mol. The Morgan fingerprint density at radius 2 is 0.700 bits per heavy atom. The van der Waals surface area contributed by atoms with E-state index in [1.165, 1.54) is 116 Å². The number of unbranched alkanes of at least 4 members (excludes halogenated alkanes) is 9. The van der Waals surface area contributed by atoms with E-state index in [1.54, 1.807) is 0 Å². The Balaban J connectivity index is 2.62. The molecule has 1 heterocycles. The first-order valence-corrected chi connectivity index (χ1v) is 13.8. The van der Waals surface area contributed by atoms with Crippen molar-refractivity contribution < 1.29 is 0 Å². The lowest BCUT2D eigenvalue weighted by Gasteiger charge is -2.49. The van der Waals surface area contributed by atoms with Gasteiger partial charge in [-0.1, -0.05) is 97.8 Å². The fourth-order valence-electron chi connectivity index (χ4n) is 4.82. The molecule has 0 amide bonds. The quantitative estimate of drug-likeness (QED) is 0.208. The SMILES string of the molecule is CCCCCCC(C)N1CN(C(C)CCCCCC)CN(C(C)CCCCCC)C1. The van der Waals surface area contributed by atoms with Gasteiger partial charge in [0.25, 0.3) is 0 Å². The van der Waals surface area contributed by atoms with E-state index in [0.29, 0.717) is 18.1 Å². The Labute approximate surface area is 191 Å². The van der Waals surface area contributed by atoms with E-state index in [4.69, 9.17) is 0 Å². The second kappa shape index (κ2) is 17.4. The van der Waals surface area contributed by atoms with E-state index >= 15 is 0 Å². The van der Waals surface area contributed by atoms with Crippen LogP contribution in [-0.4, -0.2) is 52.8 Å². The fourth-order valence-corrected chi connectivity index (χ4v) is 4.82. The first-order valence-electron chi connectivity index (χ1n) is 13.8. The smallest absolute Gasteiger partial charge is 0.0535 e. The third kappa shape index (κ3) is 11.5. The molecule has 1 aliphatic heterocycles. The third-order valence-electron chi connectivity index (χ3n) is 7.39. The minimum absolute atomic E-state index is 0.701. The lowest BCUT2D eigenvalue weighted by Crippen LogP contribution is -2.60. The lowest BCUT2D eigenvalue weighted by molar-refractivity contribution is -0.0817. The van der Waals surface area contributed by atoms with Gasteiger partial charge in [-0.3, -0.25) is 14.7 Å². The van der Waals surface area contributed by atoms with Crippen LogP contribution in [0, 0.1) is 0 Å². The molecule has 1 saturated heterocycles. The van der Waals surface area contributed by atoms with Crippen LogP contribution >= 0.6 is 0 Å². The maximum Gasteiger partial charge on any atom is 0.0535 e. The molecule has 3 heteroatoms. The van der Waals surface area contributed by atoms with E-state index in [1.807, 2.05) is 0 Å². The normalized spacial score (nSPS) is 19.8. The van der Waals surface area contributed by atoms with Crippen LogP contribution in [0.2, 0.25) is 0 Å². The summed E-state index contributed by atoms with van der Waals surface area (Å²) < 4.78 is 0. The monoisotopic (exact) mass is 423 g/mol. The summed E-state index contributed by atoms with van der Waals surface area (Å²) in [5.41, 5.74) is 0. The Kier molecular flexibility index (Phi) is 16.2. The molecule has 3 atom stereocenters. The number of nitrogens with zero attached hydrogens (tertiary/aromatic N) is 3. The van der Waals surface area contributed by atoms with E-state index in [-0.39, 0.29) is 0 Å². The third-order valence-corrected chi connectivity index (χ3v) is 7.39. The molecule has 0 aromatic heterocycles. The largest absolute Gasteiger partial charge is 0.275 e. The van der Waals surface area contributed by atoms with Crippen LogP contribution in [0.25, 0.3) is 0 Å². The highest BCUT2D eigenvalue weighted by Crippen LogP contribution is 2.22. The Morgan fingerprint density at radius 1 is 0.433 bits per heavy atom. The van der Waals surface area contributed by atoms with Gasteiger partial charge < -0.3 is 0 Å². The molecule has 3 nitrogen and oxygen atoms in total. The molecule has 1 fully saturated rings. The molecule has 0 radical (unpaired) electrons. The molecular formula is C27H57N3. The molecule has 3 unspecified atom stereocenters. The van der Waals surface area contributed by atoms with Crippen molar-refractivity contribution in [1.82, 2.24) is 14.7 Å². The van der Waals surface area contributed by atoms with E-state index in [2.05, 4.69) is 56.2 Å². The van der Waals surface area contributed by atoms with Crippen molar-refractivity contribution in [2.75, 3.05) is 20.0 Å². The van der Waals surface area contributed by atoms with Gasteiger partial charge in [0.2, 0.25) is 0 Å². The van der Waals surface area contributed by atoms with Crippen LogP contribution in [0.4, 0.5) is 0 Å². The summed E-state index contributed by atoms with van der Waals surface area (Å²) in [5, 5.41) is 0. The summed E-state index contributed by atoms with van der Waals surface area (Å²) in [6, 6.07) is 2.10. The molecule has 0 bridgehead atoms. The molecule has 0 saturated carbocycles.